The number of aromatic nitrogens is 1. The number of nitrogens with zero attached hydrogens (tertiary/aromatic N) is 4. The van der Waals surface area contributed by atoms with E-state index in [4.69, 9.17) is 0 Å². The molecule has 2 amide bonds. The summed E-state index contributed by atoms with van der Waals surface area (Å²) < 4.78 is 39.5. The van der Waals surface area contributed by atoms with Gasteiger partial charge in [0.05, 0.1) is 11.3 Å². The molecule has 0 radical (unpaired) electrons. The highest BCUT2D eigenvalue weighted by molar-refractivity contribution is 5.95. The minimum atomic E-state index is -4.45. The number of carbonyl (C=O) groups is 2. The number of piperidine rings is 1. The van der Waals surface area contributed by atoms with E-state index in [1.807, 2.05) is 77.7 Å². The summed E-state index contributed by atoms with van der Waals surface area (Å²) in [5.41, 5.74) is 3.24. The maximum Gasteiger partial charge on any atom is 0.416 e. The third kappa shape index (κ3) is 9.27. The number of rotatable bonds is 11. The minimum Gasteiger partial charge on any atom is -0.341 e. The van der Waals surface area contributed by atoms with Crippen molar-refractivity contribution in [1.82, 2.24) is 19.7 Å². The van der Waals surface area contributed by atoms with Gasteiger partial charge in [-0.3, -0.25) is 14.6 Å². The van der Waals surface area contributed by atoms with Crippen LogP contribution < -0.4 is 0 Å². The van der Waals surface area contributed by atoms with Gasteiger partial charge < -0.3 is 14.7 Å². The first kappa shape index (κ1) is 35.1. The van der Waals surface area contributed by atoms with Gasteiger partial charge in [-0.25, -0.2) is 0 Å². The maximum absolute atomic E-state index is 14.5. The molecule has 260 valence electrons. The van der Waals surface area contributed by atoms with Gasteiger partial charge in [-0.1, -0.05) is 72.8 Å². The molecule has 4 aromatic rings. The van der Waals surface area contributed by atoms with Crippen LogP contribution in [0.25, 0.3) is 17.3 Å². The van der Waals surface area contributed by atoms with Gasteiger partial charge in [0.15, 0.2) is 0 Å². The first-order chi connectivity index (χ1) is 24.2. The van der Waals surface area contributed by atoms with Crippen molar-refractivity contribution in [2.75, 3.05) is 32.7 Å². The van der Waals surface area contributed by atoms with Crippen molar-refractivity contribution in [3.63, 3.8) is 0 Å². The fraction of sp³-hybridized carbons (Fsp3) is 0.341. The molecule has 1 aromatic heterocycles. The Bertz CT molecular complexity index is 1710. The number of hydrogen-bond donors (Lipinski definition) is 0. The van der Waals surface area contributed by atoms with Crippen LogP contribution in [-0.2, 0) is 28.7 Å². The van der Waals surface area contributed by atoms with Gasteiger partial charge in [0, 0.05) is 50.4 Å². The predicted octanol–water partition coefficient (Wildman–Crippen LogP) is 7.76. The molecule has 3 aromatic carbocycles. The summed E-state index contributed by atoms with van der Waals surface area (Å²) >= 11 is 0. The first-order valence-electron chi connectivity index (χ1n) is 17.4. The van der Waals surface area contributed by atoms with Gasteiger partial charge in [-0.15, -0.1) is 0 Å². The largest absolute Gasteiger partial charge is 0.416 e. The molecule has 2 saturated heterocycles. The lowest BCUT2D eigenvalue weighted by atomic mass is 9.94. The molecule has 6 nitrogen and oxygen atoms in total. The van der Waals surface area contributed by atoms with E-state index in [1.54, 1.807) is 11.1 Å². The maximum atomic E-state index is 14.5. The molecule has 0 saturated carbocycles. The van der Waals surface area contributed by atoms with E-state index in [2.05, 4.69) is 9.88 Å². The van der Waals surface area contributed by atoms with Crippen molar-refractivity contribution in [1.29, 1.82) is 0 Å². The van der Waals surface area contributed by atoms with Crippen LogP contribution in [0.4, 0.5) is 13.2 Å². The summed E-state index contributed by atoms with van der Waals surface area (Å²) in [6.07, 6.45) is 4.85. The molecule has 3 heterocycles. The standard InChI is InChI=1S/C41H43F3N4O2/c42-41(43,44)36-18-13-31(14-19-36)15-20-39(49)48(30-33-11-16-35(17-12-33)37-10-4-5-23-45-37)38(28-32-8-2-1-3-9-32)40(50)47-26-21-34(22-27-47)29-46-24-6-7-25-46/h1-5,8-20,23,34,38H,6-7,21-22,24-30H2/b20-15-/t38-/m0/s1. The molecule has 0 N–H and O–H groups in total. The topological polar surface area (TPSA) is 56.8 Å². The zero-order chi connectivity index (χ0) is 34.9. The predicted molar refractivity (Wildman–Crippen MR) is 190 cm³/mol. The summed E-state index contributed by atoms with van der Waals surface area (Å²) in [5, 5.41) is 0. The van der Waals surface area contributed by atoms with Crippen molar-refractivity contribution >= 4 is 17.9 Å². The van der Waals surface area contributed by atoms with Crippen molar-refractivity contribution in [2.24, 2.45) is 5.92 Å². The Morgan fingerprint density at radius 2 is 1.50 bits per heavy atom. The number of pyridine rings is 1. The smallest absolute Gasteiger partial charge is 0.341 e. The molecule has 0 bridgehead atoms. The molecule has 6 rings (SSSR count). The number of likely N-dealkylation sites (tertiary alicyclic amines) is 2. The highest BCUT2D eigenvalue weighted by Crippen LogP contribution is 2.29. The monoisotopic (exact) mass is 680 g/mol. The summed E-state index contributed by atoms with van der Waals surface area (Å²) in [4.78, 5) is 39.2. The number of benzene rings is 3. The van der Waals surface area contributed by atoms with Crippen LogP contribution in [0.15, 0.2) is 109 Å². The molecule has 2 aliphatic heterocycles. The molecular formula is C41H43F3N4O2. The fourth-order valence-corrected chi connectivity index (χ4v) is 6.94. The lowest BCUT2D eigenvalue weighted by molar-refractivity contribution is -0.145. The van der Waals surface area contributed by atoms with Crippen LogP contribution in [0.3, 0.4) is 0 Å². The van der Waals surface area contributed by atoms with E-state index in [-0.39, 0.29) is 12.5 Å². The molecule has 0 unspecified atom stereocenters. The van der Waals surface area contributed by atoms with Crippen molar-refractivity contribution in [3.8, 4) is 11.3 Å². The number of amides is 2. The van der Waals surface area contributed by atoms with E-state index in [1.165, 1.54) is 37.1 Å². The molecule has 2 fully saturated rings. The third-order valence-electron chi connectivity index (χ3n) is 9.78. The number of alkyl halides is 3. The highest BCUT2D eigenvalue weighted by Gasteiger charge is 2.35. The van der Waals surface area contributed by atoms with Gasteiger partial charge >= 0.3 is 6.18 Å². The zero-order valence-corrected chi connectivity index (χ0v) is 28.1. The highest BCUT2D eigenvalue weighted by atomic mass is 19.4. The SMILES string of the molecule is O=C([C@H](Cc1ccccc1)N(Cc1ccc(-c2ccccn2)cc1)C(=O)/C=C\c1ccc(C(F)(F)F)cc1)N1CCC(CN2CCCC2)CC1. The number of hydrogen-bond acceptors (Lipinski definition) is 4. The van der Waals surface area contributed by atoms with Crippen molar-refractivity contribution < 1.29 is 22.8 Å². The van der Waals surface area contributed by atoms with Crippen molar-refractivity contribution in [3.05, 3.63) is 132 Å². The fourth-order valence-electron chi connectivity index (χ4n) is 6.94. The van der Waals surface area contributed by atoms with E-state index in [0.29, 0.717) is 31.0 Å². The second-order valence-electron chi connectivity index (χ2n) is 13.3. The van der Waals surface area contributed by atoms with Gasteiger partial charge in [0.1, 0.15) is 6.04 Å². The Balaban J connectivity index is 1.27. The Labute approximate surface area is 292 Å². The first-order valence-corrected chi connectivity index (χ1v) is 17.4. The lowest BCUT2D eigenvalue weighted by Gasteiger charge is -2.38. The van der Waals surface area contributed by atoms with Gasteiger partial charge in [-0.05, 0) is 91.7 Å². The molecule has 2 aliphatic rings. The summed E-state index contributed by atoms with van der Waals surface area (Å²) in [5.74, 6) is 0.0681. The normalized spacial score (nSPS) is 16.5. The number of carbonyl (C=O) groups excluding carboxylic acids is 2. The van der Waals surface area contributed by atoms with Crippen LogP contribution in [0.5, 0.6) is 0 Å². The van der Waals surface area contributed by atoms with Crippen LogP contribution >= 0.6 is 0 Å². The Morgan fingerprint density at radius 3 is 2.14 bits per heavy atom. The van der Waals surface area contributed by atoms with Crippen LogP contribution in [-0.4, -0.2) is 70.3 Å². The Hall–Kier alpha value is -4.76. The third-order valence-corrected chi connectivity index (χ3v) is 9.78. The molecule has 50 heavy (non-hydrogen) atoms. The van der Waals surface area contributed by atoms with E-state index >= 15 is 0 Å². The second kappa shape index (κ2) is 16.3. The summed E-state index contributed by atoms with van der Waals surface area (Å²) in [7, 11) is 0. The van der Waals surface area contributed by atoms with Crippen LogP contribution in [0, 0.1) is 5.92 Å². The quantitative estimate of drug-likeness (QED) is 0.152. The number of halogens is 3. The van der Waals surface area contributed by atoms with Gasteiger partial charge in [-0.2, -0.15) is 13.2 Å². The van der Waals surface area contributed by atoms with Gasteiger partial charge in [0.25, 0.3) is 0 Å². The summed E-state index contributed by atoms with van der Waals surface area (Å²) in [6, 6.07) is 27.1. The van der Waals surface area contributed by atoms with E-state index in [9.17, 15) is 22.8 Å². The zero-order valence-electron chi connectivity index (χ0n) is 28.1. The van der Waals surface area contributed by atoms with Crippen LogP contribution in [0.2, 0.25) is 0 Å². The van der Waals surface area contributed by atoms with Gasteiger partial charge in [0.2, 0.25) is 11.8 Å². The van der Waals surface area contributed by atoms with E-state index < -0.39 is 23.7 Å². The molecule has 0 spiro atoms. The second-order valence-corrected chi connectivity index (χ2v) is 13.3. The Kier molecular flexibility index (Phi) is 11.4. The summed E-state index contributed by atoms with van der Waals surface area (Å²) in [6.45, 7) is 4.84. The van der Waals surface area contributed by atoms with Crippen molar-refractivity contribution in [2.45, 2.75) is 50.9 Å². The average molecular weight is 681 g/mol. The lowest BCUT2D eigenvalue weighted by Crippen LogP contribution is -2.53. The van der Waals surface area contributed by atoms with E-state index in [0.717, 1.165) is 67.0 Å². The van der Waals surface area contributed by atoms with Crippen LogP contribution in [0.1, 0.15) is 47.9 Å². The molecular weight excluding hydrogens is 637 g/mol. The minimum absolute atomic E-state index is 0.0881. The molecule has 0 aliphatic carbocycles. The molecule has 1 atom stereocenters. The molecule has 9 heteroatoms. The Morgan fingerprint density at radius 1 is 0.820 bits per heavy atom. The average Bonchev–Trinajstić information content (AvgIpc) is 3.66.